The molecular formula is C19H20N2O. The van der Waals surface area contributed by atoms with Crippen molar-refractivity contribution in [3.63, 3.8) is 0 Å². The molecule has 0 spiro atoms. The predicted molar refractivity (Wildman–Crippen MR) is 86.6 cm³/mol. The van der Waals surface area contributed by atoms with E-state index in [1.165, 1.54) is 11.1 Å². The fourth-order valence-electron chi connectivity index (χ4n) is 2.47. The van der Waals surface area contributed by atoms with Crippen LogP contribution < -0.4 is 0 Å². The first kappa shape index (κ1) is 14.5. The van der Waals surface area contributed by atoms with Gasteiger partial charge in [-0.3, -0.25) is 0 Å². The number of rotatable bonds is 7. The Hall–Kier alpha value is -2.42. The second kappa shape index (κ2) is 7.55. The van der Waals surface area contributed by atoms with Crippen LogP contribution in [0.1, 0.15) is 29.3 Å². The minimum absolute atomic E-state index is 0.735. The van der Waals surface area contributed by atoms with Gasteiger partial charge in [0.15, 0.2) is 0 Å². The summed E-state index contributed by atoms with van der Waals surface area (Å²) in [7, 11) is 0. The summed E-state index contributed by atoms with van der Waals surface area (Å²) in [6, 6.07) is 20.9. The van der Waals surface area contributed by atoms with Gasteiger partial charge in [-0.1, -0.05) is 60.7 Å². The van der Waals surface area contributed by atoms with Gasteiger partial charge >= 0.3 is 0 Å². The molecular weight excluding hydrogens is 272 g/mol. The minimum atomic E-state index is 0.735. The van der Waals surface area contributed by atoms with Crippen molar-refractivity contribution in [2.45, 2.75) is 32.1 Å². The lowest BCUT2D eigenvalue weighted by molar-refractivity contribution is 0.444. The molecule has 3 heteroatoms. The molecule has 0 amide bonds. The van der Waals surface area contributed by atoms with E-state index >= 15 is 0 Å². The van der Waals surface area contributed by atoms with Crippen molar-refractivity contribution in [3.05, 3.63) is 83.6 Å². The average Bonchev–Trinajstić information content (AvgIpc) is 3.03. The van der Waals surface area contributed by atoms with E-state index in [0.717, 1.165) is 43.9 Å². The topological polar surface area (TPSA) is 38.9 Å². The molecule has 3 rings (SSSR count). The summed E-state index contributed by atoms with van der Waals surface area (Å²) in [4.78, 5) is 0. The van der Waals surface area contributed by atoms with E-state index in [-0.39, 0.29) is 0 Å². The summed E-state index contributed by atoms with van der Waals surface area (Å²) in [5, 5.41) is 8.28. The molecule has 0 aliphatic carbocycles. The van der Waals surface area contributed by atoms with Crippen molar-refractivity contribution in [2.24, 2.45) is 0 Å². The summed E-state index contributed by atoms with van der Waals surface area (Å²) >= 11 is 0. The van der Waals surface area contributed by atoms with Gasteiger partial charge in [-0.2, -0.15) is 0 Å². The highest BCUT2D eigenvalue weighted by atomic mass is 16.4. The van der Waals surface area contributed by atoms with Gasteiger partial charge in [0, 0.05) is 12.8 Å². The van der Waals surface area contributed by atoms with Gasteiger partial charge in [-0.05, 0) is 30.4 Å². The number of aryl methyl sites for hydroxylation is 4. The van der Waals surface area contributed by atoms with Gasteiger partial charge in [0.2, 0.25) is 11.8 Å². The Morgan fingerprint density at radius 1 is 0.591 bits per heavy atom. The first-order valence-corrected chi connectivity index (χ1v) is 7.79. The van der Waals surface area contributed by atoms with Crippen LogP contribution in [0.5, 0.6) is 0 Å². The van der Waals surface area contributed by atoms with Crippen LogP contribution in [0.15, 0.2) is 65.1 Å². The predicted octanol–water partition coefficient (Wildman–Crippen LogP) is 4.03. The Bertz CT molecular complexity index is 677. The molecule has 3 nitrogen and oxygen atoms in total. The summed E-state index contributed by atoms with van der Waals surface area (Å²) in [5.41, 5.74) is 2.65. The van der Waals surface area contributed by atoms with E-state index in [2.05, 4.69) is 58.7 Å². The fourth-order valence-corrected chi connectivity index (χ4v) is 2.47. The lowest BCUT2D eigenvalue weighted by atomic mass is 10.1. The number of aromatic nitrogens is 2. The summed E-state index contributed by atoms with van der Waals surface area (Å²) in [6.07, 6.45) is 4.66. The van der Waals surface area contributed by atoms with E-state index in [1.807, 2.05) is 12.1 Å². The smallest absolute Gasteiger partial charge is 0.216 e. The van der Waals surface area contributed by atoms with Gasteiger partial charge in [0.1, 0.15) is 0 Å². The Morgan fingerprint density at radius 2 is 1.14 bits per heavy atom. The van der Waals surface area contributed by atoms with Crippen molar-refractivity contribution in [1.82, 2.24) is 10.2 Å². The number of nitrogens with zero attached hydrogens (tertiary/aromatic N) is 2. The van der Waals surface area contributed by atoms with Crippen molar-refractivity contribution >= 4 is 0 Å². The zero-order valence-corrected chi connectivity index (χ0v) is 12.6. The van der Waals surface area contributed by atoms with Crippen molar-refractivity contribution in [1.29, 1.82) is 0 Å². The molecule has 0 unspecified atom stereocenters. The van der Waals surface area contributed by atoms with E-state index in [9.17, 15) is 0 Å². The van der Waals surface area contributed by atoms with Crippen LogP contribution in [-0.2, 0) is 25.7 Å². The maximum atomic E-state index is 5.72. The lowest BCUT2D eigenvalue weighted by Gasteiger charge is -1.99. The molecule has 0 saturated carbocycles. The van der Waals surface area contributed by atoms with Crippen LogP contribution in [0.25, 0.3) is 0 Å². The van der Waals surface area contributed by atoms with Crippen molar-refractivity contribution < 1.29 is 4.42 Å². The molecule has 1 heterocycles. The Kier molecular flexibility index (Phi) is 4.98. The average molecular weight is 292 g/mol. The second-order valence-corrected chi connectivity index (χ2v) is 5.41. The molecule has 22 heavy (non-hydrogen) atoms. The van der Waals surface area contributed by atoms with Crippen LogP contribution in [0.3, 0.4) is 0 Å². The van der Waals surface area contributed by atoms with E-state index in [0.29, 0.717) is 0 Å². The number of benzene rings is 2. The molecule has 0 fully saturated rings. The zero-order valence-electron chi connectivity index (χ0n) is 12.6. The maximum Gasteiger partial charge on any atom is 0.216 e. The molecule has 0 aliphatic heterocycles. The molecule has 0 atom stereocenters. The van der Waals surface area contributed by atoms with Crippen LogP contribution in [0.4, 0.5) is 0 Å². The van der Waals surface area contributed by atoms with Crippen LogP contribution in [0, 0.1) is 0 Å². The molecule has 112 valence electrons. The van der Waals surface area contributed by atoms with Gasteiger partial charge in [-0.25, -0.2) is 0 Å². The van der Waals surface area contributed by atoms with Crippen molar-refractivity contribution in [2.75, 3.05) is 0 Å². The quantitative estimate of drug-likeness (QED) is 0.660. The summed E-state index contributed by atoms with van der Waals surface area (Å²) in [6.45, 7) is 0. The summed E-state index contributed by atoms with van der Waals surface area (Å²) in [5.74, 6) is 1.48. The van der Waals surface area contributed by atoms with Gasteiger partial charge in [0.25, 0.3) is 0 Å². The molecule has 0 bridgehead atoms. The highest BCUT2D eigenvalue weighted by molar-refractivity contribution is 5.15. The van der Waals surface area contributed by atoms with E-state index in [1.54, 1.807) is 0 Å². The van der Waals surface area contributed by atoms with Crippen molar-refractivity contribution in [3.8, 4) is 0 Å². The zero-order chi connectivity index (χ0) is 15.0. The highest BCUT2D eigenvalue weighted by Gasteiger charge is 2.06. The monoisotopic (exact) mass is 292 g/mol. The van der Waals surface area contributed by atoms with E-state index < -0.39 is 0 Å². The fraction of sp³-hybridized carbons (Fsp3) is 0.263. The summed E-state index contributed by atoms with van der Waals surface area (Å²) < 4.78 is 5.72. The SMILES string of the molecule is c1ccc(CCCc2nnc(CCc3ccccc3)o2)cc1. The number of hydrogen-bond acceptors (Lipinski definition) is 3. The number of hydrogen-bond donors (Lipinski definition) is 0. The second-order valence-electron chi connectivity index (χ2n) is 5.41. The normalized spacial score (nSPS) is 10.7. The largest absolute Gasteiger partial charge is 0.425 e. The third-order valence-corrected chi connectivity index (χ3v) is 3.68. The standard InChI is InChI=1S/C19H20N2O/c1-3-8-16(9-4-1)12-7-13-18-20-21-19(22-18)15-14-17-10-5-2-6-11-17/h1-6,8-11H,7,12-15H2. The molecule has 0 saturated heterocycles. The molecule has 3 aromatic rings. The first-order valence-electron chi connectivity index (χ1n) is 7.79. The first-order chi connectivity index (χ1) is 10.9. The molecule has 0 radical (unpaired) electrons. The molecule has 0 N–H and O–H groups in total. The molecule has 0 aliphatic rings. The Labute approximate surface area is 131 Å². The van der Waals surface area contributed by atoms with Crippen LogP contribution in [-0.4, -0.2) is 10.2 Å². The third kappa shape index (κ3) is 4.29. The third-order valence-electron chi connectivity index (χ3n) is 3.68. The maximum absolute atomic E-state index is 5.72. The van der Waals surface area contributed by atoms with E-state index in [4.69, 9.17) is 4.42 Å². The van der Waals surface area contributed by atoms with Gasteiger partial charge in [-0.15, -0.1) is 10.2 Å². The Balaban J connectivity index is 1.45. The van der Waals surface area contributed by atoms with Gasteiger partial charge < -0.3 is 4.42 Å². The minimum Gasteiger partial charge on any atom is -0.425 e. The highest BCUT2D eigenvalue weighted by Crippen LogP contribution is 2.10. The Morgan fingerprint density at radius 3 is 1.77 bits per heavy atom. The molecule has 1 aromatic heterocycles. The molecule has 2 aromatic carbocycles. The van der Waals surface area contributed by atoms with Crippen LogP contribution in [0.2, 0.25) is 0 Å². The van der Waals surface area contributed by atoms with Gasteiger partial charge in [0.05, 0.1) is 0 Å². The van der Waals surface area contributed by atoms with Crippen LogP contribution >= 0.6 is 0 Å². The lowest BCUT2D eigenvalue weighted by Crippen LogP contribution is -1.91.